The predicted molar refractivity (Wildman–Crippen MR) is 159 cm³/mol. The molecule has 8 nitrogen and oxygen atoms in total. The number of aryl methyl sites for hydroxylation is 2. The van der Waals surface area contributed by atoms with Crippen LogP contribution in [0, 0.1) is 5.92 Å². The third-order valence-electron chi connectivity index (χ3n) is 7.63. The summed E-state index contributed by atoms with van der Waals surface area (Å²) in [5.41, 5.74) is 2.30. The van der Waals surface area contributed by atoms with E-state index in [1.54, 1.807) is 43.3 Å². The highest BCUT2D eigenvalue weighted by atomic mass is 19.4. The van der Waals surface area contributed by atoms with E-state index in [1.165, 1.54) is 18.4 Å². The predicted octanol–water partition coefficient (Wildman–Crippen LogP) is 6.69. The summed E-state index contributed by atoms with van der Waals surface area (Å²) in [5, 5.41) is 5.76. The zero-order valence-electron chi connectivity index (χ0n) is 25.0. The number of carbonyl (C=O) groups is 3. The lowest BCUT2D eigenvalue weighted by Crippen LogP contribution is -2.23. The fourth-order valence-corrected chi connectivity index (χ4v) is 5.36. The largest absolute Gasteiger partial charge is 0.467 e. The minimum atomic E-state index is -4.45. The van der Waals surface area contributed by atoms with E-state index < -0.39 is 23.8 Å². The van der Waals surface area contributed by atoms with Crippen LogP contribution in [0.15, 0.2) is 71.3 Å². The molecule has 0 radical (unpaired) electrons. The van der Waals surface area contributed by atoms with Crippen LogP contribution in [0.25, 0.3) is 11.1 Å². The number of hydrogen-bond donors (Lipinski definition) is 2. The Labute approximate surface area is 258 Å². The summed E-state index contributed by atoms with van der Waals surface area (Å²) in [6.45, 7) is 5.83. The maximum atomic E-state index is 13.5. The molecule has 3 heterocycles. The summed E-state index contributed by atoms with van der Waals surface area (Å²) < 4.78 is 50.0. The smallest absolute Gasteiger partial charge is 0.416 e. The number of fused-ring (bicyclic) bond motifs is 1. The summed E-state index contributed by atoms with van der Waals surface area (Å²) in [6, 6.07) is 14.4. The van der Waals surface area contributed by atoms with Crippen molar-refractivity contribution in [2.24, 2.45) is 5.92 Å². The van der Waals surface area contributed by atoms with Crippen molar-refractivity contribution in [3.05, 3.63) is 112 Å². The molecule has 2 amide bonds. The number of carbonyl (C=O) groups excluding carboxylic acids is 3. The number of pyridine rings is 1. The average molecular weight is 620 g/mol. The number of ether oxygens (including phenoxy) is 1. The molecule has 0 saturated heterocycles. The minimum absolute atomic E-state index is 0.0213. The molecule has 4 aromatic rings. The van der Waals surface area contributed by atoms with Crippen LogP contribution < -0.4 is 10.6 Å². The number of alkyl halides is 3. The fourth-order valence-electron chi connectivity index (χ4n) is 5.36. The lowest BCUT2D eigenvalue weighted by molar-refractivity contribution is -0.137. The second-order valence-corrected chi connectivity index (χ2v) is 11.0. The van der Waals surface area contributed by atoms with Crippen LogP contribution in [0.4, 0.5) is 13.2 Å². The van der Waals surface area contributed by atoms with Gasteiger partial charge in [-0.2, -0.15) is 13.2 Å². The number of hydrogen-bond acceptors (Lipinski definition) is 6. The van der Waals surface area contributed by atoms with Gasteiger partial charge in [-0.15, -0.1) is 0 Å². The number of nitrogens with one attached hydrogen (secondary N) is 2. The van der Waals surface area contributed by atoms with E-state index in [-0.39, 0.29) is 54.9 Å². The molecule has 0 bridgehead atoms. The quantitative estimate of drug-likeness (QED) is 0.191. The van der Waals surface area contributed by atoms with Crippen LogP contribution >= 0.6 is 0 Å². The summed E-state index contributed by atoms with van der Waals surface area (Å²) in [5.74, 6) is -0.816. The number of rotatable bonds is 10. The Bertz CT molecular complexity index is 1700. The Kier molecular flexibility index (Phi) is 9.08. The SMILES string of the molecule is CCOC(=O)c1c(CCc2ccc(C(F)(F)F)cc2)nc2c(c1-c1ccc(C(=O)NCc3ccco3)cc1)C(=O)NC2C(C)C. The first-order chi connectivity index (χ1) is 21.5. The van der Waals surface area contributed by atoms with E-state index in [1.807, 2.05) is 13.8 Å². The van der Waals surface area contributed by atoms with Crippen LogP contribution in [0.2, 0.25) is 0 Å². The lowest BCUT2D eigenvalue weighted by Gasteiger charge is -2.20. The molecule has 45 heavy (non-hydrogen) atoms. The molecule has 2 N–H and O–H groups in total. The van der Waals surface area contributed by atoms with Gasteiger partial charge in [-0.25, -0.2) is 4.79 Å². The van der Waals surface area contributed by atoms with Crippen molar-refractivity contribution in [1.82, 2.24) is 15.6 Å². The van der Waals surface area contributed by atoms with Gasteiger partial charge in [0.2, 0.25) is 0 Å². The molecule has 0 fully saturated rings. The first-order valence-electron chi connectivity index (χ1n) is 14.6. The molecule has 2 aromatic carbocycles. The Balaban J connectivity index is 1.56. The maximum absolute atomic E-state index is 13.5. The van der Waals surface area contributed by atoms with E-state index in [0.717, 1.165) is 12.1 Å². The number of nitrogens with zero attached hydrogens (tertiary/aromatic N) is 1. The van der Waals surface area contributed by atoms with E-state index in [2.05, 4.69) is 10.6 Å². The third-order valence-corrected chi connectivity index (χ3v) is 7.63. The number of benzene rings is 2. The van der Waals surface area contributed by atoms with Crippen LogP contribution in [-0.2, 0) is 30.3 Å². The Morgan fingerprint density at radius 1 is 1.02 bits per heavy atom. The summed E-state index contributed by atoms with van der Waals surface area (Å²) in [6.07, 6.45) is -2.44. The molecular weight excluding hydrogens is 587 g/mol. The highest BCUT2D eigenvalue weighted by Gasteiger charge is 2.38. The molecule has 0 saturated carbocycles. The molecule has 2 aromatic heterocycles. The first-order valence-corrected chi connectivity index (χ1v) is 14.6. The molecule has 0 aliphatic carbocycles. The first kappa shape index (κ1) is 31.5. The van der Waals surface area contributed by atoms with Crippen molar-refractivity contribution in [1.29, 1.82) is 0 Å². The van der Waals surface area contributed by atoms with E-state index in [4.69, 9.17) is 14.1 Å². The van der Waals surface area contributed by atoms with Gasteiger partial charge in [0.05, 0.1) is 53.5 Å². The topological polar surface area (TPSA) is 111 Å². The van der Waals surface area contributed by atoms with Gasteiger partial charge in [0.1, 0.15) is 5.76 Å². The summed E-state index contributed by atoms with van der Waals surface area (Å²) in [4.78, 5) is 44.6. The van der Waals surface area contributed by atoms with Gasteiger partial charge in [-0.1, -0.05) is 38.1 Å². The van der Waals surface area contributed by atoms with Crippen molar-refractivity contribution in [2.75, 3.05) is 6.61 Å². The number of aromatic nitrogens is 1. The zero-order valence-corrected chi connectivity index (χ0v) is 25.0. The number of halogens is 3. The Morgan fingerprint density at radius 2 is 1.73 bits per heavy atom. The van der Waals surface area contributed by atoms with Gasteiger partial charge >= 0.3 is 12.1 Å². The van der Waals surface area contributed by atoms with Gasteiger partial charge in [0, 0.05) is 11.1 Å². The van der Waals surface area contributed by atoms with Gasteiger partial charge in [0.25, 0.3) is 11.8 Å². The van der Waals surface area contributed by atoms with Crippen molar-refractivity contribution >= 4 is 17.8 Å². The summed E-state index contributed by atoms with van der Waals surface area (Å²) in [7, 11) is 0. The molecule has 0 spiro atoms. The van der Waals surface area contributed by atoms with Crippen molar-refractivity contribution < 1.29 is 36.7 Å². The molecule has 1 atom stereocenters. The van der Waals surface area contributed by atoms with Gasteiger partial charge in [0.15, 0.2) is 0 Å². The van der Waals surface area contributed by atoms with Crippen molar-refractivity contribution in [2.45, 2.75) is 52.4 Å². The monoisotopic (exact) mass is 619 g/mol. The fraction of sp³-hybridized carbons (Fsp3) is 0.294. The molecule has 1 aliphatic rings. The normalized spacial score (nSPS) is 14.3. The molecule has 234 valence electrons. The molecule has 11 heteroatoms. The highest BCUT2D eigenvalue weighted by molar-refractivity contribution is 6.11. The highest BCUT2D eigenvalue weighted by Crippen LogP contribution is 2.40. The lowest BCUT2D eigenvalue weighted by atomic mass is 9.88. The van der Waals surface area contributed by atoms with Gasteiger partial charge < -0.3 is 19.8 Å². The number of esters is 1. The maximum Gasteiger partial charge on any atom is 0.416 e. The molecule has 1 unspecified atom stereocenters. The second kappa shape index (κ2) is 13.0. The van der Waals surface area contributed by atoms with Crippen LogP contribution in [0.3, 0.4) is 0 Å². The van der Waals surface area contributed by atoms with E-state index in [0.29, 0.717) is 39.4 Å². The van der Waals surface area contributed by atoms with Crippen LogP contribution in [0.5, 0.6) is 0 Å². The molecular formula is C34H32F3N3O5. The number of amides is 2. The Hall–Kier alpha value is -4.93. The molecule has 5 rings (SSSR count). The van der Waals surface area contributed by atoms with E-state index >= 15 is 0 Å². The minimum Gasteiger partial charge on any atom is -0.467 e. The Morgan fingerprint density at radius 3 is 2.33 bits per heavy atom. The van der Waals surface area contributed by atoms with Crippen molar-refractivity contribution in [3.63, 3.8) is 0 Å². The second-order valence-electron chi connectivity index (χ2n) is 11.0. The van der Waals surface area contributed by atoms with Gasteiger partial charge in [-0.05, 0) is 73.2 Å². The van der Waals surface area contributed by atoms with Crippen LogP contribution in [0.1, 0.15) is 86.2 Å². The van der Waals surface area contributed by atoms with Crippen LogP contribution in [-0.4, -0.2) is 29.4 Å². The van der Waals surface area contributed by atoms with Crippen molar-refractivity contribution in [3.8, 4) is 11.1 Å². The molecule has 1 aliphatic heterocycles. The summed E-state index contributed by atoms with van der Waals surface area (Å²) >= 11 is 0. The zero-order chi connectivity index (χ0) is 32.3. The van der Waals surface area contributed by atoms with E-state index in [9.17, 15) is 27.6 Å². The van der Waals surface area contributed by atoms with Gasteiger partial charge in [-0.3, -0.25) is 14.6 Å². The third kappa shape index (κ3) is 6.77. The number of furan rings is 1. The standard InChI is InChI=1S/C34H32F3N3O5/c1-4-44-33(43)27-25(16-9-20-7-14-23(15-8-20)34(35,36)37)39-30-28(32(42)40-29(30)19(2)3)26(27)21-10-12-22(13-11-21)31(41)38-18-24-6-5-17-45-24/h5-8,10-15,17,19,29H,4,9,16,18H2,1-3H3,(H,38,41)(H,40,42). The average Bonchev–Trinajstić information content (AvgIpc) is 3.66.